The summed E-state index contributed by atoms with van der Waals surface area (Å²) in [4.78, 5) is 16.5. The molecule has 2 aliphatic heterocycles. The second-order valence-corrected chi connectivity index (χ2v) is 8.74. The van der Waals surface area contributed by atoms with Crippen molar-refractivity contribution in [2.75, 3.05) is 19.9 Å². The molecule has 0 aliphatic carbocycles. The molecule has 1 unspecified atom stereocenters. The molecular formula is C22H19ClN4O5S. The predicted molar refractivity (Wildman–Crippen MR) is 124 cm³/mol. The van der Waals surface area contributed by atoms with Crippen LogP contribution in [0.25, 0.3) is 11.3 Å². The van der Waals surface area contributed by atoms with Crippen LogP contribution in [0.15, 0.2) is 51.9 Å². The molecule has 1 atom stereocenters. The molecule has 1 aromatic heterocycles. The van der Waals surface area contributed by atoms with Crippen molar-refractivity contribution < 1.29 is 19.1 Å². The number of nitro groups is 1. The van der Waals surface area contributed by atoms with Crippen LogP contribution in [0.1, 0.15) is 18.4 Å². The molecule has 3 heterocycles. The zero-order valence-corrected chi connectivity index (χ0v) is 18.9. The second kappa shape index (κ2) is 9.34. The lowest BCUT2D eigenvalue weighted by Gasteiger charge is -2.06. The monoisotopic (exact) mass is 486 g/mol. The summed E-state index contributed by atoms with van der Waals surface area (Å²) in [7, 11) is 0. The Balaban J connectivity index is 1.56. The average molecular weight is 487 g/mol. The third-order valence-electron chi connectivity index (χ3n) is 5.31. The Morgan fingerprint density at radius 3 is 2.76 bits per heavy atom. The van der Waals surface area contributed by atoms with E-state index in [0.717, 1.165) is 30.7 Å². The molecule has 2 aliphatic rings. The van der Waals surface area contributed by atoms with Gasteiger partial charge in [-0.3, -0.25) is 15.1 Å². The maximum atomic E-state index is 11.6. The summed E-state index contributed by atoms with van der Waals surface area (Å²) in [6, 6.07) is 10.3. The van der Waals surface area contributed by atoms with Gasteiger partial charge in [-0.25, -0.2) is 4.68 Å². The topological polar surface area (TPSA) is 100 Å². The van der Waals surface area contributed by atoms with Crippen molar-refractivity contribution in [1.29, 1.82) is 0 Å². The van der Waals surface area contributed by atoms with E-state index < -0.39 is 4.92 Å². The van der Waals surface area contributed by atoms with Crippen molar-refractivity contribution in [3.8, 4) is 22.8 Å². The quantitative estimate of drug-likeness (QED) is 0.291. The molecule has 3 aromatic rings. The lowest BCUT2D eigenvalue weighted by molar-refractivity contribution is -0.385. The number of nitrogens with zero attached hydrogens (tertiary/aromatic N) is 4. The van der Waals surface area contributed by atoms with Gasteiger partial charge in [0.15, 0.2) is 11.5 Å². The van der Waals surface area contributed by atoms with Crippen LogP contribution in [0.5, 0.6) is 11.5 Å². The Labute approximate surface area is 197 Å². The molecule has 0 N–H and O–H groups in total. The van der Waals surface area contributed by atoms with E-state index in [2.05, 4.69) is 5.10 Å². The first-order valence-electron chi connectivity index (χ1n) is 10.3. The van der Waals surface area contributed by atoms with Crippen molar-refractivity contribution >= 4 is 34.8 Å². The van der Waals surface area contributed by atoms with Crippen molar-refractivity contribution in [2.45, 2.75) is 18.9 Å². The van der Waals surface area contributed by atoms with Crippen molar-refractivity contribution in [2.24, 2.45) is 10.1 Å². The van der Waals surface area contributed by atoms with E-state index in [1.807, 2.05) is 17.5 Å². The van der Waals surface area contributed by atoms with Gasteiger partial charge in [-0.05, 0) is 31.0 Å². The van der Waals surface area contributed by atoms with Crippen molar-refractivity contribution in [3.63, 3.8) is 0 Å². The highest BCUT2D eigenvalue weighted by Gasteiger charge is 2.23. The van der Waals surface area contributed by atoms with Crippen LogP contribution < -0.4 is 14.3 Å². The highest BCUT2D eigenvalue weighted by molar-refractivity contribution is 7.07. The normalized spacial score (nSPS) is 17.8. The Morgan fingerprint density at radius 2 is 2.03 bits per heavy atom. The van der Waals surface area contributed by atoms with Gasteiger partial charge in [0, 0.05) is 22.6 Å². The van der Waals surface area contributed by atoms with Gasteiger partial charge in [0.2, 0.25) is 11.6 Å². The Morgan fingerprint density at radius 1 is 1.24 bits per heavy atom. The summed E-state index contributed by atoms with van der Waals surface area (Å²) >= 11 is 7.49. The molecule has 33 heavy (non-hydrogen) atoms. The average Bonchev–Trinajstić information content (AvgIpc) is 3.56. The van der Waals surface area contributed by atoms with Gasteiger partial charge in [-0.1, -0.05) is 23.7 Å². The van der Waals surface area contributed by atoms with Gasteiger partial charge >= 0.3 is 0 Å². The number of thiazole rings is 1. The number of benzene rings is 2. The van der Waals surface area contributed by atoms with Crippen LogP contribution >= 0.6 is 22.9 Å². The highest BCUT2D eigenvalue weighted by Crippen LogP contribution is 2.37. The molecule has 0 amide bonds. The number of nitro benzene ring substituents is 1. The summed E-state index contributed by atoms with van der Waals surface area (Å²) in [6.07, 6.45) is 3.55. The molecule has 9 nitrogen and oxygen atoms in total. The number of hydrogen-bond donors (Lipinski definition) is 0. The fraction of sp³-hybridized carbons (Fsp3) is 0.273. The molecule has 0 radical (unpaired) electrons. The molecule has 2 aromatic carbocycles. The van der Waals surface area contributed by atoms with E-state index in [9.17, 15) is 10.1 Å². The molecule has 1 fully saturated rings. The van der Waals surface area contributed by atoms with Crippen LogP contribution in [-0.2, 0) is 4.74 Å². The molecule has 170 valence electrons. The smallest absolute Gasteiger partial charge is 0.282 e. The van der Waals surface area contributed by atoms with E-state index in [-0.39, 0.29) is 18.6 Å². The molecule has 1 saturated heterocycles. The summed E-state index contributed by atoms with van der Waals surface area (Å²) in [6.45, 7) is 1.31. The number of halogens is 1. The van der Waals surface area contributed by atoms with E-state index >= 15 is 0 Å². The molecule has 0 bridgehead atoms. The van der Waals surface area contributed by atoms with Crippen molar-refractivity contribution in [3.05, 3.63) is 67.3 Å². The fourth-order valence-electron chi connectivity index (χ4n) is 3.63. The minimum Gasteiger partial charge on any atom is -0.454 e. The molecular weight excluding hydrogens is 468 g/mol. The van der Waals surface area contributed by atoms with E-state index in [0.29, 0.717) is 33.4 Å². The summed E-state index contributed by atoms with van der Waals surface area (Å²) in [5.41, 5.74) is 1.87. The maximum absolute atomic E-state index is 11.6. The van der Waals surface area contributed by atoms with Gasteiger partial charge in [-0.2, -0.15) is 5.10 Å². The number of fused-ring (bicyclic) bond motifs is 1. The standard InChI is InChI=1S/C22H19ClN4O5S/c23-16-5-3-14(4-6-16)19-12-33-22(24-11-17-2-1-7-30-17)26(19)25-10-15-8-20-21(32-13-31-20)9-18(15)27(28)29/h3-6,8-10,12,17H,1-2,7,11,13H2. The molecule has 11 heteroatoms. The van der Waals surface area contributed by atoms with Gasteiger partial charge in [0.25, 0.3) is 5.69 Å². The first-order chi connectivity index (χ1) is 16.1. The molecule has 0 saturated carbocycles. The minimum absolute atomic E-state index is 0.0271. The van der Waals surface area contributed by atoms with E-state index in [4.69, 9.17) is 30.8 Å². The Bertz CT molecular complexity index is 1280. The third-order valence-corrected chi connectivity index (χ3v) is 6.42. The SMILES string of the molecule is O=[N+]([O-])c1cc2c(cc1C=Nn1c(-c3ccc(Cl)cc3)csc1=NCC1CCCO1)OCO2. The predicted octanol–water partition coefficient (Wildman–Crippen LogP) is 4.47. The van der Waals surface area contributed by atoms with Crippen LogP contribution in [0.2, 0.25) is 5.02 Å². The number of rotatable bonds is 6. The van der Waals surface area contributed by atoms with E-state index in [1.165, 1.54) is 23.6 Å². The van der Waals surface area contributed by atoms with Crippen LogP contribution in [-0.4, -0.2) is 41.9 Å². The van der Waals surface area contributed by atoms with Crippen LogP contribution in [0.4, 0.5) is 5.69 Å². The summed E-state index contributed by atoms with van der Waals surface area (Å²) in [5, 5.41) is 18.8. The van der Waals surface area contributed by atoms with E-state index in [1.54, 1.807) is 22.9 Å². The molecule has 5 rings (SSSR count). The summed E-state index contributed by atoms with van der Waals surface area (Å²) < 4.78 is 18.0. The number of ether oxygens (including phenoxy) is 3. The van der Waals surface area contributed by atoms with Gasteiger partial charge in [-0.15, -0.1) is 11.3 Å². The van der Waals surface area contributed by atoms with Crippen molar-refractivity contribution in [1.82, 2.24) is 4.68 Å². The first-order valence-corrected chi connectivity index (χ1v) is 11.6. The van der Waals surface area contributed by atoms with Gasteiger partial charge < -0.3 is 14.2 Å². The largest absolute Gasteiger partial charge is 0.454 e. The molecule has 0 spiro atoms. The minimum atomic E-state index is -0.468. The Hall–Kier alpha value is -3.21. The van der Waals surface area contributed by atoms with Gasteiger partial charge in [0.1, 0.15) is 0 Å². The maximum Gasteiger partial charge on any atom is 0.282 e. The lowest BCUT2D eigenvalue weighted by atomic mass is 10.1. The third kappa shape index (κ3) is 4.63. The van der Waals surface area contributed by atoms with Crippen LogP contribution in [0.3, 0.4) is 0 Å². The highest BCUT2D eigenvalue weighted by atomic mass is 35.5. The fourth-order valence-corrected chi connectivity index (χ4v) is 4.61. The number of aromatic nitrogens is 1. The summed E-state index contributed by atoms with van der Waals surface area (Å²) in [5.74, 6) is 0.787. The lowest BCUT2D eigenvalue weighted by Crippen LogP contribution is -2.17. The number of hydrogen-bond acceptors (Lipinski definition) is 8. The zero-order valence-electron chi connectivity index (χ0n) is 17.3. The van der Waals surface area contributed by atoms with Crippen LogP contribution in [0, 0.1) is 10.1 Å². The Kier molecular flexibility index (Phi) is 6.12. The van der Waals surface area contributed by atoms with Gasteiger partial charge in [0.05, 0.1) is 41.1 Å². The second-order valence-electron chi connectivity index (χ2n) is 7.46. The first kappa shape index (κ1) is 21.6. The zero-order chi connectivity index (χ0) is 22.8.